The maximum absolute atomic E-state index is 6.72. The molecule has 7 nitrogen and oxygen atoms in total. The second-order valence-electron chi connectivity index (χ2n) is 10.0. The number of aromatic nitrogens is 2. The molecule has 1 aromatic carbocycles. The minimum absolute atomic E-state index is 0.0884. The molecule has 2 saturated heterocycles. The highest BCUT2D eigenvalue weighted by Gasteiger charge is 2.46. The van der Waals surface area contributed by atoms with Gasteiger partial charge in [0.25, 0.3) is 0 Å². The van der Waals surface area contributed by atoms with Crippen molar-refractivity contribution < 1.29 is 9.47 Å². The van der Waals surface area contributed by atoms with Crippen LogP contribution in [0.1, 0.15) is 40.5 Å². The van der Waals surface area contributed by atoms with Crippen LogP contribution in [0.3, 0.4) is 0 Å². The maximum atomic E-state index is 6.72. The summed E-state index contributed by atoms with van der Waals surface area (Å²) >= 11 is 0. The lowest BCUT2D eigenvalue weighted by Crippen LogP contribution is -2.63. The minimum atomic E-state index is -0.129. The zero-order chi connectivity index (χ0) is 22.4. The standard InChI is InChI=1S/C24H37N5O2/c1-17(2)29-15-23(3,4)31-24(16-29)7-9-28(10-8-24)21-12-22(30-6)20(25)11-19(21)18-13-26-27(5)14-18/h11-14,17H,7-10,15-16,25H2,1-6H3. The van der Waals surface area contributed by atoms with Crippen LogP contribution in [0.5, 0.6) is 5.75 Å². The van der Waals surface area contributed by atoms with E-state index in [1.54, 1.807) is 7.11 Å². The van der Waals surface area contributed by atoms with E-state index in [1.807, 2.05) is 30.2 Å². The lowest BCUT2D eigenvalue weighted by Gasteiger charge is -2.54. The molecule has 2 N–H and O–H groups in total. The van der Waals surface area contributed by atoms with E-state index < -0.39 is 0 Å². The van der Waals surface area contributed by atoms with Gasteiger partial charge in [0.15, 0.2) is 0 Å². The number of rotatable bonds is 4. The third-order valence-corrected chi connectivity index (χ3v) is 6.68. The first-order valence-electron chi connectivity index (χ1n) is 11.3. The number of hydrogen-bond acceptors (Lipinski definition) is 6. The number of piperidine rings is 1. The highest BCUT2D eigenvalue weighted by atomic mass is 16.5. The Morgan fingerprint density at radius 3 is 2.45 bits per heavy atom. The van der Waals surface area contributed by atoms with E-state index in [-0.39, 0.29) is 11.2 Å². The molecule has 1 aromatic heterocycles. The van der Waals surface area contributed by atoms with Crippen LogP contribution < -0.4 is 15.4 Å². The molecule has 3 heterocycles. The lowest BCUT2D eigenvalue weighted by atomic mass is 9.85. The quantitative estimate of drug-likeness (QED) is 0.753. The summed E-state index contributed by atoms with van der Waals surface area (Å²) in [7, 11) is 3.60. The average molecular weight is 428 g/mol. The molecule has 170 valence electrons. The van der Waals surface area contributed by atoms with Gasteiger partial charge in [0, 0.05) is 68.3 Å². The number of methoxy groups -OCH3 is 1. The Bertz CT molecular complexity index is 928. The SMILES string of the molecule is COc1cc(N2CCC3(CC2)CN(C(C)C)CC(C)(C)O3)c(-c2cnn(C)c2)cc1N. The van der Waals surface area contributed by atoms with Crippen LogP contribution in [-0.2, 0) is 11.8 Å². The fourth-order valence-electron chi connectivity index (χ4n) is 5.16. The Hall–Kier alpha value is -2.25. The Balaban J connectivity index is 1.61. The summed E-state index contributed by atoms with van der Waals surface area (Å²) in [5.41, 5.74) is 9.99. The summed E-state index contributed by atoms with van der Waals surface area (Å²) in [6.07, 6.45) is 5.92. The Morgan fingerprint density at radius 2 is 1.87 bits per heavy atom. The molecule has 0 saturated carbocycles. The molecule has 2 fully saturated rings. The van der Waals surface area contributed by atoms with Gasteiger partial charge in [0.2, 0.25) is 0 Å². The number of morpholine rings is 1. The van der Waals surface area contributed by atoms with Crippen LogP contribution in [0, 0.1) is 0 Å². The number of benzene rings is 1. The van der Waals surface area contributed by atoms with Crippen molar-refractivity contribution in [2.45, 2.75) is 57.8 Å². The first kappa shape index (κ1) is 22.0. The highest BCUT2D eigenvalue weighted by Crippen LogP contribution is 2.42. The van der Waals surface area contributed by atoms with Gasteiger partial charge in [0.1, 0.15) is 5.75 Å². The fourth-order valence-corrected chi connectivity index (χ4v) is 5.16. The Morgan fingerprint density at radius 1 is 1.16 bits per heavy atom. The van der Waals surface area contributed by atoms with Crippen LogP contribution in [-0.4, -0.2) is 65.2 Å². The van der Waals surface area contributed by atoms with Gasteiger partial charge in [0.05, 0.1) is 30.2 Å². The molecule has 2 aromatic rings. The molecule has 7 heteroatoms. The van der Waals surface area contributed by atoms with Gasteiger partial charge in [-0.1, -0.05) is 0 Å². The predicted octanol–water partition coefficient (Wildman–Crippen LogP) is 3.54. The summed E-state index contributed by atoms with van der Waals surface area (Å²) < 4.78 is 14.1. The van der Waals surface area contributed by atoms with Crippen LogP contribution in [0.2, 0.25) is 0 Å². The Kier molecular flexibility index (Phi) is 5.68. The topological polar surface area (TPSA) is 68.8 Å². The number of nitrogens with two attached hydrogens (primary N) is 1. The minimum Gasteiger partial charge on any atom is -0.495 e. The molecule has 2 aliphatic rings. The fraction of sp³-hybridized carbons (Fsp3) is 0.625. The smallest absolute Gasteiger partial charge is 0.143 e. The molecule has 1 spiro atoms. The largest absolute Gasteiger partial charge is 0.495 e. The zero-order valence-corrected chi connectivity index (χ0v) is 19.8. The number of anilines is 2. The maximum Gasteiger partial charge on any atom is 0.143 e. The van der Waals surface area contributed by atoms with Gasteiger partial charge in [-0.15, -0.1) is 0 Å². The van der Waals surface area contributed by atoms with Gasteiger partial charge in [-0.3, -0.25) is 9.58 Å². The number of ether oxygens (including phenoxy) is 2. The number of nitrogen functional groups attached to an aromatic ring is 1. The Labute approximate surface area is 186 Å². The summed E-state index contributed by atoms with van der Waals surface area (Å²) in [5, 5.41) is 4.36. The number of aryl methyl sites for hydroxylation is 1. The number of hydrogen-bond donors (Lipinski definition) is 1. The molecule has 0 aliphatic carbocycles. The van der Waals surface area contributed by atoms with Crippen molar-refractivity contribution in [1.82, 2.24) is 14.7 Å². The molecule has 0 unspecified atom stereocenters. The molecule has 0 bridgehead atoms. The van der Waals surface area contributed by atoms with Crippen LogP contribution in [0.25, 0.3) is 11.1 Å². The van der Waals surface area contributed by atoms with Crippen molar-refractivity contribution >= 4 is 11.4 Å². The van der Waals surface area contributed by atoms with Crippen LogP contribution >= 0.6 is 0 Å². The molecular weight excluding hydrogens is 390 g/mol. The van der Waals surface area contributed by atoms with E-state index in [9.17, 15) is 0 Å². The van der Waals surface area contributed by atoms with Crippen molar-refractivity contribution in [3.05, 3.63) is 24.5 Å². The molecule has 0 atom stereocenters. The van der Waals surface area contributed by atoms with E-state index in [1.165, 1.54) is 0 Å². The van der Waals surface area contributed by atoms with Gasteiger partial charge >= 0.3 is 0 Å². The molecule has 31 heavy (non-hydrogen) atoms. The summed E-state index contributed by atoms with van der Waals surface area (Å²) in [5.74, 6) is 0.712. The van der Waals surface area contributed by atoms with Gasteiger partial charge in [-0.05, 0) is 46.6 Å². The third-order valence-electron chi connectivity index (χ3n) is 6.68. The molecular formula is C24H37N5O2. The molecule has 2 aliphatic heterocycles. The molecule has 4 rings (SSSR count). The second-order valence-corrected chi connectivity index (χ2v) is 10.0. The number of nitrogens with zero attached hydrogens (tertiary/aromatic N) is 4. The van der Waals surface area contributed by atoms with Crippen molar-refractivity contribution in [1.29, 1.82) is 0 Å². The summed E-state index contributed by atoms with van der Waals surface area (Å²) in [6.45, 7) is 12.9. The van der Waals surface area contributed by atoms with Gasteiger partial charge in [-0.2, -0.15) is 5.10 Å². The predicted molar refractivity (Wildman–Crippen MR) is 126 cm³/mol. The van der Waals surface area contributed by atoms with E-state index in [0.29, 0.717) is 17.5 Å². The van der Waals surface area contributed by atoms with Crippen molar-refractivity contribution in [2.75, 3.05) is 43.9 Å². The van der Waals surface area contributed by atoms with Gasteiger partial charge in [-0.25, -0.2) is 0 Å². The highest BCUT2D eigenvalue weighted by molar-refractivity contribution is 5.83. The average Bonchev–Trinajstić information content (AvgIpc) is 3.13. The van der Waals surface area contributed by atoms with Gasteiger partial charge < -0.3 is 20.1 Å². The van der Waals surface area contributed by atoms with Crippen molar-refractivity contribution in [2.24, 2.45) is 7.05 Å². The second kappa shape index (κ2) is 8.02. The monoisotopic (exact) mass is 427 g/mol. The normalized spacial score (nSPS) is 21.1. The zero-order valence-electron chi connectivity index (χ0n) is 19.8. The lowest BCUT2D eigenvalue weighted by molar-refractivity contribution is -0.209. The van der Waals surface area contributed by atoms with E-state index in [2.05, 4.69) is 48.7 Å². The van der Waals surface area contributed by atoms with Crippen LogP contribution in [0.15, 0.2) is 24.5 Å². The van der Waals surface area contributed by atoms with E-state index >= 15 is 0 Å². The first-order valence-corrected chi connectivity index (χ1v) is 11.3. The van der Waals surface area contributed by atoms with Crippen molar-refractivity contribution in [3.8, 4) is 16.9 Å². The molecule has 0 amide bonds. The summed E-state index contributed by atoms with van der Waals surface area (Å²) in [4.78, 5) is 5.02. The first-order chi connectivity index (χ1) is 14.6. The van der Waals surface area contributed by atoms with Crippen LogP contribution in [0.4, 0.5) is 11.4 Å². The van der Waals surface area contributed by atoms with Crippen molar-refractivity contribution in [3.63, 3.8) is 0 Å². The molecule has 0 radical (unpaired) electrons. The van der Waals surface area contributed by atoms with E-state index in [4.69, 9.17) is 15.2 Å². The van der Waals surface area contributed by atoms with E-state index in [0.717, 1.165) is 55.8 Å². The summed E-state index contributed by atoms with van der Waals surface area (Å²) in [6, 6.07) is 4.61. The third kappa shape index (κ3) is 4.39.